The van der Waals surface area contributed by atoms with E-state index in [2.05, 4.69) is 4.99 Å². The number of benzene rings is 2. The molecule has 2 heterocycles. The van der Waals surface area contributed by atoms with Crippen LogP contribution in [0.4, 0.5) is 5.69 Å². The number of phenols is 1. The number of rotatable bonds is 7. The van der Waals surface area contributed by atoms with Gasteiger partial charge in [-0.05, 0) is 49.2 Å². The number of phenolic OH excluding ortho intramolecular Hbond substituents is 1. The molecule has 1 aromatic heterocycles. The van der Waals surface area contributed by atoms with Gasteiger partial charge >= 0.3 is 11.7 Å². The summed E-state index contributed by atoms with van der Waals surface area (Å²) in [6.45, 7) is 3.49. The molecule has 12 heteroatoms. The number of carbonyl (C=O) groups is 1. The molecule has 2 aromatic carbocycles. The number of thiazole rings is 1. The van der Waals surface area contributed by atoms with Gasteiger partial charge in [-0.25, -0.2) is 9.79 Å². The fraction of sp³-hybridized carbons (Fsp3) is 0.240. The topological polar surface area (TPSA) is 142 Å². The van der Waals surface area contributed by atoms with Gasteiger partial charge in [-0.1, -0.05) is 23.5 Å². The molecule has 0 saturated carbocycles. The molecule has 0 radical (unpaired) electrons. The zero-order valence-corrected chi connectivity index (χ0v) is 21.2. The predicted molar refractivity (Wildman–Crippen MR) is 135 cm³/mol. The summed E-state index contributed by atoms with van der Waals surface area (Å²) in [4.78, 5) is 42.0. The van der Waals surface area contributed by atoms with Crippen molar-refractivity contribution in [3.8, 4) is 17.2 Å². The Morgan fingerprint density at radius 1 is 1.22 bits per heavy atom. The highest BCUT2D eigenvalue weighted by Crippen LogP contribution is 2.36. The Kier molecular flexibility index (Phi) is 7.11. The number of aromatic hydroxyl groups is 1. The smallest absolute Gasteiger partial charge is 0.338 e. The lowest BCUT2D eigenvalue weighted by Gasteiger charge is -2.25. The number of hydrogen-bond acceptors (Lipinski definition) is 10. The van der Waals surface area contributed by atoms with Crippen molar-refractivity contribution in [3.05, 3.63) is 88.6 Å². The fourth-order valence-electron chi connectivity index (χ4n) is 4.06. The number of nitrogens with zero attached hydrogens (tertiary/aromatic N) is 3. The highest BCUT2D eigenvalue weighted by Gasteiger charge is 2.34. The van der Waals surface area contributed by atoms with Crippen LogP contribution in [0, 0.1) is 10.1 Å². The van der Waals surface area contributed by atoms with E-state index in [-0.39, 0.29) is 16.7 Å². The lowest BCUT2D eigenvalue weighted by Crippen LogP contribution is -2.39. The van der Waals surface area contributed by atoms with E-state index in [0.717, 1.165) is 11.3 Å². The molecule has 0 fully saturated rings. The first-order valence-electron chi connectivity index (χ1n) is 11.1. The maximum Gasteiger partial charge on any atom is 0.338 e. The van der Waals surface area contributed by atoms with Gasteiger partial charge in [0.05, 0.1) is 47.6 Å². The summed E-state index contributed by atoms with van der Waals surface area (Å²) < 4.78 is 17.7. The lowest BCUT2D eigenvalue weighted by atomic mass is 9.95. The maximum atomic E-state index is 13.7. The monoisotopic (exact) mass is 525 g/mol. The largest absolute Gasteiger partial charge is 0.502 e. The lowest BCUT2D eigenvalue weighted by molar-refractivity contribution is -0.385. The number of fused-ring (bicyclic) bond motifs is 1. The van der Waals surface area contributed by atoms with E-state index >= 15 is 0 Å². The van der Waals surface area contributed by atoms with E-state index in [1.165, 1.54) is 43.1 Å². The molecular weight excluding hydrogens is 502 g/mol. The molecule has 1 aliphatic rings. The van der Waals surface area contributed by atoms with Crippen molar-refractivity contribution in [2.45, 2.75) is 19.9 Å². The first kappa shape index (κ1) is 25.6. The number of carbonyl (C=O) groups excluding carboxylic acids is 1. The van der Waals surface area contributed by atoms with Crippen LogP contribution in [-0.2, 0) is 9.53 Å². The Balaban J connectivity index is 1.96. The van der Waals surface area contributed by atoms with Crippen molar-refractivity contribution in [3.63, 3.8) is 0 Å². The second kappa shape index (κ2) is 10.3. The maximum absolute atomic E-state index is 13.7. The molecule has 1 unspecified atom stereocenters. The molecule has 0 bridgehead atoms. The molecule has 0 amide bonds. The molecule has 4 rings (SSSR count). The number of ether oxygens (including phenoxy) is 3. The Morgan fingerprint density at radius 2 is 1.95 bits per heavy atom. The number of nitro benzene ring substituents is 1. The molecule has 1 N–H and O–H groups in total. The van der Waals surface area contributed by atoms with Gasteiger partial charge in [0.1, 0.15) is 0 Å². The van der Waals surface area contributed by atoms with Crippen molar-refractivity contribution in [1.82, 2.24) is 4.57 Å². The first-order chi connectivity index (χ1) is 17.7. The van der Waals surface area contributed by atoms with Crippen LogP contribution in [0.5, 0.6) is 17.2 Å². The van der Waals surface area contributed by atoms with Crippen molar-refractivity contribution in [2.24, 2.45) is 4.99 Å². The number of nitro groups is 1. The summed E-state index contributed by atoms with van der Waals surface area (Å²) in [7, 11) is 2.99. The van der Waals surface area contributed by atoms with Gasteiger partial charge in [-0.3, -0.25) is 19.5 Å². The average Bonchev–Trinajstić information content (AvgIpc) is 3.17. The molecule has 0 aliphatic carbocycles. The van der Waals surface area contributed by atoms with Crippen LogP contribution in [-0.4, -0.2) is 41.4 Å². The molecule has 37 heavy (non-hydrogen) atoms. The summed E-state index contributed by atoms with van der Waals surface area (Å²) in [6.07, 6.45) is 1.48. The van der Waals surface area contributed by atoms with Crippen LogP contribution >= 0.6 is 11.3 Å². The number of methoxy groups -OCH3 is 2. The van der Waals surface area contributed by atoms with Gasteiger partial charge in [0.25, 0.3) is 5.56 Å². The third-order valence-electron chi connectivity index (χ3n) is 5.73. The van der Waals surface area contributed by atoms with Gasteiger partial charge in [-0.15, -0.1) is 0 Å². The van der Waals surface area contributed by atoms with Gasteiger partial charge in [0, 0.05) is 6.07 Å². The number of allylic oxidation sites excluding steroid dienone is 1. The highest BCUT2D eigenvalue weighted by molar-refractivity contribution is 7.07. The quantitative estimate of drug-likeness (QED) is 0.282. The fourth-order valence-corrected chi connectivity index (χ4v) is 5.10. The van der Waals surface area contributed by atoms with Gasteiger partial charge in [0.15, 0.2) is 22.0 Å². The molecule has 0 spiro atoms. The van der Waals surface area contributed by atoms with Crippen LogP contribution in [0.1, 0.15) is 31.0 Å². The molecule has 192 valence electrons. The van der Waals surface area contributed by atoms with Crippen LogP contribution in [0.2, 0.25) is 0 Å². The summed E-state index contributed by atoms with van der Waals surface area (Å²) in [5.74, 6) is -0.193. The van der Waals surface area contributed by atoms with Gasteiger partial charge in [-0.2, -0.15) is 0 Å². The average molecular weight is 526 g/mol. The molecular formula is C25H23N3O8S. The zero-order chi connectivity index (χ0) is 26.9. The van der Waals surface area contributed by atoms with Crippen molar-refractivity contribution < 1.29 is 29.0 Å². The zero-order valence-electron chi connectivity index (χ0n) is 20.4. The second-order valence-corrected chi connectivity index (χ2v) is 8.93. The first-order valence-corrected chi connectivity index (χ1v) is 11.9. The summed E-state index contributed by atoms with van der Waals surface area (Å²) in [5.41, 5.74) is 0.583. The van der Waals surface area contributed by atoms with Gasteiger partial charge < -0.3 is 19.3 Å². The van der Waals surface area contributed by atoms with Crippen LogP contribution in [0.3, 0.4) is 0 Å². The predicted octanol–water partition coefficient (Wildman–Crippen LogP) is 2.43. The SMILES string of the molecule is CCOC(=O)C1=C(C)N=c2s/c(=C\c3ccc(O)c([N+](=O)[O-])c3)c(=O)n2C1c1ccc(OC)c(OC)c1. The Hall–Kier alpha value is -4.45. The van der Waals surface area contributed by atoms with E-state index in [9.17, 15) is 24.8 Å². The third kappa shape index (κ3) is 4.70. The summed E-state index contributed by atoms with van der Waals surface area (Å²) >= 11 is 1.08. The van der Waals surface area contributed by atoms with Crippen molar-refractivity contribution in [1.29, 1.82) is 0 Å². The summed E-state index contributed by atoms with van der Waals surface area (Å²) in [6, 6.07) is 8.04. The summed E-state index contributed by atoms with van der Waals surface area (Å²) in [5, 5.41) is 21.0. The standard InChI is InChI=1S/C25H23N3O8S/c1-5-36-24(31)21-13(2)26-25-27(22(21)15-7-9-18(34-3)19(12-15)35-4)23(30)20(37-25)11-14-6-8-17(29)16(10-14)28(32)33/h6-12,22,29H,5H2,1-4H3/b20-11-. The highest BCUT2D eigenvalue weighted by atomic mass is 32.1. The van der Waals surface area contributed by atoms with E-state index in [4.69, 9.17) is 14.2 Å². The minimum absolute atomic E-state index is 0.137. The molecule has 1 aliphatic heterocycles. The van der Waals surface area contributed by atoms with E-state index < -0.39 is 33.9 Å². The molecule has 0 saturated heterocycles. The number of hydrogen-bond donors (Lipinski definition) is 1. The third-order valence-corrected chi connectivity index (χ3v) is 6.72. The van der Waals surface area contributed by atoms with E-state index in [0.29, 0.717) is 33.1 Å². The Labute approximate surface area is 214 Å². The number of esters is 1. The molecule has 3 aromatic rings. The number of aromatic nitrogens is 1. The van der Waals surface area contributed by atoms with Gasteiger partial charge in [0.2, 0.25) is 0 Å². The van der Waals surface area contributed by atoms with Crippen molar-refractivity contribution >= 4 is 29.1 Å². The Morgan fingerprint density at radius 3 is 2.59 bits per heavy atom. The minimum atomic E-state index is -0.869. The molecule has 1 atom stereocenters. The van der Waals surface area contributed by atoms with E-state index in [1.807, 2.05) is 0 Å². The van der Waals surface area contributed by atoms with Crippen LogP contribution in [0.25, 0.3) is 6.08 Å². The van der Waals surface area contributed by atoms with Crippen LogP contribution in [0.15, 0.2) is 57.5 Å². The normalized spacial score (nSPS) is 15.1. The minimum Gasteiger partial charge on any atom is -0.502 e. The molecule has 11 nitrogen and oxygen atoms in total. The van der Waals surface area contributed by atoms with Crippen molar-refractivity contribution in [2.75, 3.05) is 20.8 Å². The van der Waals surface area contributed by atoms with E-state index in [1.54, 1.807) is 32.0 Å². The second-order valence-electron chi connectivity index (χ2n) is 7.92. The van der Waals surface area contributed by atoms with Crippen LogP contribution < -0.4 is 24.4 Å². The Bertz CT molecular complexity index is 1620.